The summed E-state index contributed by atoms with van der Waals surface area (Å²) < 4.78 is 1.09. The number of rotatable bonds is 39. The third kappa shape index (κ3) is 43.7. The van der Waals surface area contributed by atoms with E-state index in [9.17, 15) is 0 Å². The Morgan fingerprint density at radius 1 is 0.435 bits per heavy atom. The van der Waals surface area contributed by atoms with Gasteiger partial charge in [-0.1, -0.05) is 274 Å². The first-order valence-corrected chi connectivity index (χ1v) is 26.7. The molecule has 0 atom stereocenters. The molecule has 0 amide bonds. The quantitative estimate of drug-likeness (QED) is 0.0367. The van der Waals surface area contributed by atoms with Crippen molar-refractivity contribution in [1.82, 2.24) is 4.90 Å². The van der Waals surface area contributed by atoms with Crippen molar-refractivity contribution in [3.8, 4) is 0 Å². The fourth-order valence-electron chi connectivity index (χ4n) is 8.14. The summed E-state index contributed by atoms with van der Waals surface area (Å²) >= 11 is 5.60. The predicted molar refractivity (Wildman–Crippen MR) is 281 cm³/mol. The van der Waals surface area contributed by atoms with E-state index >= 15 is 0 Å². The first-order chi connectivity index (χ1) is 29.7. The monoisotopic (exact) mass is 899 g/mol. The van der Waals surface area contributed by atoms with Gasteiger partial charge in [-0.25, -0.2) is 0 Å². The molecule has 0 saturated heterocycles. The van der Waals surface area contributed by atoms with Crippen LogP contribution in [0.15, 0.2) is 61.7 Å². The number of halogens is 2. The molecule has 0 saturated carbocycles. The molecular formula is C58H104Cl2N2. The minimum Gasteiger partial charge on any atom is -1.00 e. The molecule has 2 aromatic carbocycles. The highest BCUT2D eigenvalue weighted by atomic mass is 35.5. The lowest BCUT2D eigenvalue weighted by Crippen LogP contribution is -3.00. The van der Waals surface area contributed by atoms with Crippen LogP contribution in [-0.4, -0.2) is 50.7 Å². The van der Waals surface area contributed by atoms with Gasteiger partial charge in [-0.15, -0.1) is 11.6 Å². The molecule has 0 spiro atoms. The van der Waals surface area contributed by atoms with Gasteiger partial charge in [-0.2, -0.15) is 0 Å². The molecule has 2 aromatic rings. The van der Waals surface area contributed by atoms with Crippen molar-refractivity contribution < 1.29 is 16.9 Å². The van der Waals surface area contributed by atoms with Crippen molar-refractivity contribution in [3.05, 3.63) is 83.9 Å². The van der Waals surface area contributed by atoms with Crippen molar-refractivity contribution in [2.75, 3.05) is 41.3 Å². The van der Waals surface area contributed by atoms with Gasteiger partial charge < -0.3 is 21.8 Å². The van der Waals surface area contributed by atoms with E-state index in [0.717, 1.165) is 22.2 Å². The normalized spacial score (nSPS) is 11.0. The molecule has 2 rings (SSSR count). The van der Waals surface area contributed by atoms with Gasteiger partial charge in [-0.05, 0) is 56.6 Å². The smallest absolute Gasteiger partial charge is 0.104 e. The Kier molecular flexibility index (Phi) is 47.8. The minimum atomic E-state index is 0. The summed E-state index contributed by atoms with van der Waals surface area (Å²) in [5, 5.41) is 0. The summed E-state index contributed by atoms with van der Waals surface area (Å²) in [6.45, 7) is 15.7. The van der Waals surface area contributed by atoms with Gasteiger partial charge >= 0.3 is 0 Å². The molecule has 0 N–H and O–H groups in total. The first-order valence-electron chi connectivity index (χ1n) is 26.2. The van der Waals surface area contributed by atoms with Crippen LogP contribution in [0.2, 0.25) is 0 Å². The van der Waals surface area contributed by atoms with Crippen LogP contribution in [0.5, 0.6) is 0 Å². The number of hydrogen-bond acceptors (Lipinski definition) is 1. The maximum atomic E-state index is 5.60. The molecule has 0 fully saturated rings. The molecule has 0 unspecified atom stereocenters. The molecule has 0 aliphatic carbocycles. The summed E-state index contributed by atoms with van der Waals surface area (Å²) in [4.78, 5) is 2.30. The third-order valence-electron chi connectivity index (χ3n) is 12.3. The van der Waals surface area contributed by atoms with Crippen LogP contribution in [0.25, 0.3) is 12.2 Å². The highest BCUT2D eigenvalue weighted by Crippen LogP contribution is 2.17. The van der Waals surface area contributed by atoms with Crippen LogP contribution in [0.1, 0.15) is 242 Å². The van der Waals surface area contributed by atoms with E-state index in [4.69, 9.17) is 11.6 Å². The lowest BCUT2D eigenvalue weighted by molar-refractivity contribution is -0.903. The third-order valence-corrected chi connectivity index (χ3v) is 12.6. The second-order valence-corrected chi connectivity index (χ2v) is 19.5. The summed E-state index contributed by atoms with van der Waals surface area (Å²) in [6, 6.07) is 16.9. The Balaban J connectivity index is 0. The van der Waals surface area contributed by atoms with E-state index < -0.39 is 0 Å². The zero-order chi connectivity index (χ0) is 44.9. The van der Waals surface area contributed by atoms with Crippen LogP contribution < -0.4 is 12.4 Å². The zero-order valence-corrected chi connectivity index (χ0v) is 43.8. The van der Waals surface area contributed by atoms with E-state index in [1.54, 1.807) is 0 Å². The number of unbranched alkanes of at least 4 members (excludes halogenated alkanes) is 30. The largest absolute Gasteiger partial charge is 1.00 e. The van der Waals surface area contributed by atoms with Crippen molar-refractivity contribution in [1.29, 1.82) is 0 Å². The van der Waals surface area contributed by atoms with Gasteiger partial charge in [0.2, 0.25) is 0 Å². The standard InChI is InChI=1S/C29H52N.C20H43N.C9H9Cl.ClH/c1-5-7-8-9-10-11-12-13-14-15-16-17-18-19-20-21-26-30(3,4)27-29-24-22-28(6-2)23-25-29;1-4-5-6-7-8-9-10-11-12-13-14-15-16-17-18-19-20-21(2)3;1-2-8-3-5-9(7-10)6-4-8;/h6,22-25H,2,5,7-21,26-27H2,1,3-4H3;4-20H2,1-3H3;2-6H,1,7H2;1H/q+1;;;/p-1. The van der Waals surface area contributed by atoms with Gasteiger partial charge in [0.1, 0.15) is 6.54 Å². The fourth-order valence-corrected chi connectivity index (χ4v) is 8.32. The van der Waals surface area contributed by atoms with E-state index in [1.807, 2.05) is 36.4 Å². The maximum Gasteiger partial charge on any atom is 0.104 e. The average molecular weight is 900 g/mol. The summed E-state index contributed by atoms with van der Waals surface area (Å²) in [5.41, 5.74) is 4.92. The molecular weight excluding hydrogens is 796 g/mol. The number of nitrogens with zero attached hydrogens (tertiary/aromatic N) is 2. The van der Waals surface area contributed by atoms with Gasteiger partial charge in [0.25, 0.3) is 0 Å². The molecule has 360 valence electrons. The molecule has 4 heteroatoms. The Bertz CT molecular complexity index is 1190. The molecule has 2 nitrogen and oxygen atoms in total. The molecule has 0 bridgehead atoms. The van der Waals surface area contributed by atoms with Crippen molar-refractivity contribution >= 4 is 23.8 Å². The number of quaternary nitrogens is 1. The summed E-state index contributed by atoms with van der Waals surface area (Å²) in [7, 11) is 9.08. The van der Waals surface area contributed by atoms with Gasteiger partial charge in [0.15, 0.2) is 0 Å². The van der Waals surface area contributed by atoms with Gasteiger partial charge in [-0.3, -0.25) is 0 Å². The minimum absolute atomic E-state index is 0. The molecule has 0 radical (unpaired) electrons. The molecule has 62 heavy (non-hydrogen) atoms. The SMILES string of the molecule is C=Cc1ccc(CCl)cc1.C=Cc1ccc(C[N+](C)(C)CCCCCCCCCCCCCCCCCC)cc1.CCCCCCCCCCCCCCCCCCN(C)C.[Cl-]. The highest BCUT2D eigenvalue weighted by Gasteiger charge is 2.15. The lowest BCUT2D eigenvalue weighted by atomic mass is 10.0. The second-order valence-electron chi connectivity index (χ2n) is 19.3. The number of hydrogen-bond donors (Lipinski definition) is 0. The Morgan fingerprint density at radius 3 is 0.984 bits per heavy atom. The molecule has 0 aromatic heterocycles. The topological polar surface area (TPSA) is 3.24 Å². The Morgan fingerprint density at radius 2 is 0.710 bits per heavy atom. The van der Waals surface area contributed by atoms with Crippen molar-refractivity contribution in [2.24, 2.45) is 0 Å². The first kappa shape index (κ1) is 62.5. The van der Waals surface area contributed by atoms with Crippen LogP contribution in [0.3, 0.4) is 0 Å². The molecule has 0 heterocycles. The number of alkyl halides is 1. The lowest BCUT2D eigenvalue weighted by Gasteiger charge is -2.30. The van der Waals surface area contributed by atoms with E-state index in [2.05, 4.69) is 84.4 Å². The molecule has 0 aliphatic rings. The maximum absolute atomic E-state index is 5.60. The van der Waals surface area contributed by atoms with Crippen LogP contribution in [0, 0.1) is 0 Å². The van der Waals surface area contributed by atoms with Crippen LogP contribution in [-0.2, 0) is 12.4 Å². The van der Waals surface area contributed by atoms with Crippen molar-refractivity contribution in [2.45, 2.75) is 232 Å². The fraction of sp³-hybridized carbons (Fsp3) is 0.724. The average Bonchev–Trinajstić information content (AvgIpc) is 3.26. The number of benzene rings is 2. The van der Waals surface area contributed by atoms with E-state index in [-0.39, 0.29) is 12.4 Å². The van der Waals surface area contributed by atoms with Crippen LogP contribution in [0.4, 0.5) is 0 Å². The second kappa shape index (κ2) is 47.4. The van der Waals surface area contributed by atoms with Gasteiger partial charge in [0, 0.05) is 11.4 Å². The predicted octanol–water partition coefficient (Wildman–Crippen LogP) is 16.0. The highest BCUT2D eigenvalue weighted by molar-refractivity contribution is 6.17. The Hall–Kier alpha value is -1.58. The Labute approximate surface area is 400 Å². The van der Waals surface area contributed by atoms with Crippen molar-refractivity contribution in [3.63, 3.8) is 0 Å². The molecule has 0 aliphatic heterocycles. The summed E-state index contributed by atoms with van der Waals surface area (Å²) in [6.07, 6.45) is 50.1. The van der Waals surface area contributed by atoms with E-state index in [0.29, 0.717) is 5.88 Å². The zero-order valence-electron chi connectivity index (χ0n) is 42.3. The van der Waals surface area contributed by atoms with Crippen LogP contribution >= 0.6 is 11.6 Å². The van der Waals surface area contributed by atoms with E-state index in [1.165, 1.54) is 230 Å². The van der Waals surface area contributed by atoms with Gasteiger partial charge in [0.05, 0.1) is 20.6 Å². The summed E-state index contributed by atoms with van der Waals surface area (Å²) in [5.74, 6) is 0.581.